The minimum atomic E-state index is 0.496. The van der Waals surface area contributed by atoms with Crippen molar-refractivity contribution < 1.29 is 0 Å². The Balaban J connectivity index is 2.94. The third-order valence-electron chi connectivity index (χ3n) is 1.39. The minimum absolute atomic E-state index is 0.496. The molecule has 0 aliphatic rings. The number of pyridine rings is 1. The van der Waals surface area contributed by atoms with Crippen LogP contribution in [0.15, 0.2) is 17.3 Å². The first-order valence-corrected chi connectivity index (χ1v) is 5.11. The highest BCUT2D eigenvalue weighted by molar-refractivity contribution is 7.99. The van der Waals surface area contributed by atoms with Gasteiger partial charge in [0.2, 0.25) is 0 Å². The lowest BCUT2D eigenvalue weighted by molar-refractivity contribution is 0.963. The van der Waals surface area contributed by atoms with Gasteiger partial charge in [0.25, 0.3) is 0 Å². The topological polar surface area (TPSA) is 38.9 Å². The third kappa shape index (κ3) is 2.37. The van der Waals surface area contributed by atoms with Crippen molar-refractivity contribution in [2.24, 2.45) is 5.73 Å². The summed E-state index contributed by atoms with van der Waals surface area (Å²) in [5, 5.41) is 1.64. The van der Waals surface area contributed by atoms with Crippen molar-refractivity contribution in [3.05, 3.63) is 22.8 Å². The van der Waals surface area contributed by atoms with Crippen molar-refractivity contribution in [3.63, 3.8) is 0 Å². The number of aromatic nitrogens is 1. The molecule has 2 N–H and O–H groups in total. The number of nitrogens with zero attached hydrogens (tertiary/aromatic N) is 1. The van der Waals surface area contributed by atoms with E-state index in [-0.39, 0.29) is 0 Å². The van der Waals surface area contributed by atoms with Gasteiger partial charge >= 0.3 is 0 Å². The Labute approximate surface area is 81.5 Å². The zero-order valence-electron chi connectivity index (χ0n) is 6.88. The number of hydrogen-bond donors (Lipinski definition) is 1. The average Bonchev–Trinajstić information content (AvgIpc) is 2.08. The molecule has 12 heavy (non-hydrogen) atoms. The summed E-state index contributed by atoms with van der Waals surface area (Å²) in [6.45, 7) is 2.58. The number of rotatable bonds is 3. The summed E-state index contributed by atoms with van der Waals surface area (Å²) >= 11 is 7.45. The summed E-state index contributed by atoms with van der Waals surface area (Å²) in [5.74, 6) is 1.00. The second kappa shape index (κ2) is 4.70. The number of halogens is 1. The fraction of sp³-hybridized carbons (Fsp3) is 0.375. The first kappa shape index (κ1) is 9.84. The molecule has 0 aliphatic heterocycles. The van der Waals surface area contributed by atoms with Crippen molar-refractivity contribution in [2.75, 3.05) is 5.75 Å². The molecule has 0 spiro atoms. The van der Waals surface area contributed by atoms with Gasteiger partial charge < -0.3 is 5.73 Å². The molecule has 66 valence electrons. The van der Waals surface area contributed by atoms with Gasteiger partial charge in [-0.05, 0) is 17.4 Å². The highest BCUT2D eigenvalue weighted by atomic mass is 35.5. The van der Waals surface area contributed by atoms with Gasteiger partial charge in [-0.3, -0.25) is 0 Å². The van der Waals surface area contributed by atoms with E-state index < -0.39 is 0 Å². The molecule has 0 unspecified atom stereocenters. The average molecular weight is 203 g/mol. The van der Waals surface area contributed by atoms with Crippen LogP contribution in [0.5, 0.6) is 0 Å². The van der Waals surface area contributed by atoms with Crippen LogP contribution in [0.1, 0.15) is 12.5 Å². The Morgan fingerprint density at radius 2 is 2.42 bits per heavy atom. The first-order valence-electron chi connectivity index (χ1n) is 3.75. The highest BCUT2D eigenvalue weighted by Crippen LogP contribution is 2.21. The second-order valence-electron chi connectivity index (χ2n) is 2.25. The Hall–Kier alpha value is -0.250. The molecule has 1 heterocycles. The molecule has 1 aromatic rings. The van der Waals surface area contributed by atoms with E-state index >= 15 is 0 Å². The Morgan fingerprint density at radius 3 is 3.00 bits per heavy atom. The maximum Gasteiger partial charge on any atom is 0.101 e. The first-order chi connectivity index (χ1) is 5.77. The van der Waals surface area contributed by atoms with Crippen LogP contribution in [-0.4, -0.2) is 10.7 Å². The van der Waals surface area contributed by atoms with E-state index in [1.807, 2.05) is 6.07 Å². The van der Waals surface area contributed by atoms with E-state index in [4.69, 9.17) is 17.3 Å². The summed E-state index contributed by atoms with van der Waals surface area (Å²) < 4.78 is 0. The van der Waals surface area contributed by atoms with Crippen molar-refractivity contribution in [1.29, 1.82) is 0 Å². The molecule has 0 saturated heterocycles. The van der Waals surface area contributed by atoms with Crippen molar-refractivity contribution >= 4 is 23.4 Å². The van der Waals surface area contributed by atoms with E-state index in [9.17, 15) is 0 Å². The van der Waals surface area contributed by atoms with E-state index in [0.29, 0.717) is 11.6 Å². The predicted molar refractivity (Wildman–Crippen MR) is 53.5 cm³/mol. The number of nitrogens with two attached hydrogens (primary N) is 1. The third-order valence-corrected chi connectivity index (χ3v) is 2.53. The lowest BCUT2D eigenvalue weighted by Crippen LogP contribution is -2.00. The van der Waals surface area contributed by atoms with Crippen LogP contribution in [0.25, 0.3) is 0 Å². The van der Waals surface area contributed by atoms with Crippen LogP contribution in [0, 0.1) is 0 Å². The Morgan fingerprint density at radius 1 is 1.67 bits per heavy atom. The minimum Gasteiger partial charge on any atom is -0.326 e. The van der Waals surface area contributed by atoms with Crippen LogP contribution in [0.4, 0.5) is 0 Å². The molecule has 2 nitrogen and oxygen atoms in total. The summed E-state index contributed by atoms with van der Waals surface area (Å²) in [7, 11) is 0. The zero-order valence-corrected chi connectivity index (χ0v) is 8.45. The van der Waals surface area contributed by atoms with Crippen molar-refractivity contribution in [1.82, 2.24) is 4.98 Å². The predicted octanol–water partition coefficient (Wildman–Crippen LogP) is 2.31. The zero-order chi connectivity index (χ0) is 8.97. The molecule has 0 bridgehead atoms. The van der Waals surface area contributed by atoms with Gasteiger partial charge in [-0.25, -0.2) is 4.98 Å². The molecular formula is C8H11ClN2S. The van der Waals surface area contributed by atoms with Crippen molar-refractivity contribution in [2.45, 2.75) is 18.5 Å². The quantitative estimate of drug-likeness (QED) is 0.765. The molecule has 0 aromatic carbocycles. The number of thioether (sulfide) groups is 1. The fourth-order valence-electron chi connectivity index (χ4n) is 0.882. The maximum atomic E-state index is 5.77. The van der Waals surface area contributed by atoms with Gasteiger partial charge in [-0.15, -0.1) is 11.8 Å². The molecule has 1 aromatic heterocycles. The smallest absolute Gasteiger partial charge is 0.101 e. The summed E-state index contributed by atoms with van der Waals surface area (Å²) in [6, 6.07) is 1.87. The SMILES string of the molecule is CCSc1ncc(Cl)cc1CN. The Kier molecular flexibility index (Phi) is 3.85. The fourth-order valence-corrected chi connectivity index (χ4v) is 1.79. The second-order valence-corrected chi connectivity index (χ2v) is 3.94. The van der Waals surface area contributed by atoms with Crippen LogP contribution < -0.4 is 5.73 Å². The van der Waals surface area contributed by atoms with Crippen molar-refractivity contribution in [3.8, 4) is 0 Å². The normalized spacial score (nSPS) is 10.2. The lowest BCUT2D eigenvalue weighted by Gasteiger charge is -2.04. The highest BCUT2D eigenvalue weighted by Gasteiger charge is 2.02. The molecule has 0 aliphatic carbocycles. The number of hydrogen-bond acceptors (Lipinski definition) is 3. The van der Waals surface area contributed by atoms with Crippen LogP contribution >= 0.6 is 23.4 Å². The maximum absolute atomic E-state index is 5.77. The standard InChI is InChI=1S/C8H11ClN2S/c1-2-12-8-6(4-10)3-7(9)5-11-8/h3,5H,2,4,10H2,1H3. The van der Waals surface area contributed by atoms with E-state index in [2.05, 4.69) is 11.9 Å². The van der Waals surface area contributed by atoms with E-state index in [1.165, 1.54) is 0 Å². The lowest BCUT2D eigenvalue weighted by atomic mass is 10.3. The monoisotopic (exact) mass is 202 g/mol. The van der Waals surface area contributed by atoms with E-state index in [0.717, 1.165) is 16.3 Å². The molecule has 0 radical (unpaired) electrons. The van der Waals surface area contributed by atoms with Gasteiger partial charge in [-0.2, -0.15) is 0 Å². The van der Waals surface area contributed by atoms with Gasteiger partial charge in [0.1, 0.15) is 5.03 Å². The largest absolute Gasteiger partial charge is 0.326 e. The Bertz CT molecular complexity index is 265. The van der Waals surface area contributed by atoms with Crippen LogP contribution in [-0.2, 0) is 6.54 Å². The molecule has 1 rings (SSSR count). The van der Waals surface area contributed by atoms with Gasteiger partial charge in [0.05, 0.1) is 5.02 Å². The van der Waals surface area contributed by atoms with E-state index in [1.54, 1.807) is 18.0 Å². The molecule has 4 heteroatoms. The molecule has 0 amide bonds. The van der Waals surface area contributed by atoms with Gasteiger partial charge in [-0.1, -0.05) is 18.5 Å². The summed E-state index contributed by atoms with van der Waals surface area (Å²) in [5.41, 5.74) is 6.56. The molecule has 0 atom stereocenters. The summed E-state index contributed by atoms with van der Waals surface area (Å²) in [4.78, 5) is 4.19. The van der Waals surface area contributed by atoms with Crippen LogP contribution in [0.2, 0.25) is 5.02 Å². The molecule has 0 saturated carbocycles. The molecular weight excluding hydrogens is 192 g/mol. The van der Waals surface area contributed by atoms with Crippen LogP contribution in [0.3, 0.4) is 0 Å². The van der Waals surface area contributed by atoms with Gasteiger partial charge in [0, 0.05) is 12.7 Å². The molecule has 0 fully saturated rings. The summed E-state index contributed by atoms with van der Waals surface area (Å²) in [6.07, 6.45) is 1.65. The van der Waals surface area contributed by atoms with Gasteiger partial charge in [0.15, 0.2) is 0 Å².